The Balaban J connectivity index is 1.53. The zero-order valence-corrected chi connectivity index (χ0v) is 17.6. The molecule has 148 valence electrons. The van der Waals surface area contributed by atoms with Gasteiger partial charge in [-0.2, -0.15) is 5.10 Å². The molecule has 28 heavy (non-hydrogen) atoms. The van der Waals surface area contributed by atoms with Gasteiger partial charge in [-0.05, 0) is 32.0 Å². The van der Waals surface area contributed by atoms with E-state index in [0.717, 1.165) is 53.1 Å². The predicted molar refractivity (Wildman–Crippen MR) is 114 cm³/mol. The van der Waals surface area contributed by atoms with Crippen molar-refractivity contribution in [1.82, 2.24) is 14.8 Å². The van der Waals surface area contributed by atoms with E-state index in [1.165, 1.54) is 4.68 Å². The highest BCUT2D eigenvalue weighted by molar-refractivity contribution is 7.22. The molecular weight excluding hydrogens is 398 g/mol. The Morgan fingerprint density at radius 1 is 1.11 bits per heavy atom. The van der Waals surface area contributed by atoms with Crippen LogP contribution in [0.5, 0.6) is 5.75 Å². The lowest BCUT2D eigenvalue weighted by Crippen LogP contribution is -2.47. The van der Waals surface area contributed by atoms with Crippen LogP contribution < -0.4 is 20.1 Å². The second-order valence-electron chi connectivity index (χ2n) is 6.97. The molecule has 0 bridgehead atoms. The lowest BCUT2D eigenvalue weighted by Gasteiger charge is -2.35. The molecule has 4 rings (SSSR count). The molecule has 0 aliphatic carbocycles. The average molecular weight is 420 g/mol. The molecule has 9 heteroatoms. The number of rotatable bonds is 4. The first kappa shape index (κ1) is 19.0. The van der Waals surface area contributed by atoms with E-state index in [9.17, 15) is 4.79 Å². The Hall–Kier alpha value is -2.32. The summed E-state index contributed by atoms with van der Waals surface area (Å²) < 4.78 is 7.90. The molecule has 1 aliphatic rings. The molecule has 0 spiro atoms. The zero-order valence-electron chi connectivity index (χ0n) is 16.1. The summed E-state index contributed by atoms with van der Waals surface area (Å²) in [5, 5.41) is 6.17. The normalized spacial score (nSPS) is 14.9. The molecule has 0 unspecified atom stereocenters. The third-order valence-electron chi connectivity index (χ3n) is 4.84. The summed E-state index contributed by atoms with van der Waals surface area (Å²) in [5.74, 6) is 1.57. The number of nitrogens with zero attached hydrogens (tertiary/aromatic N) is 5. The molecule has 0 radical (unpaired) electrons. The first-order valence-corrected chi connectivity index (χ1v) is 10.4. The van der Waals surface area contributed by atoms with Gasteiger partial charge in [0, 0.05) is 32.2 Å². The van der Waals surface area contributed by atoms with Gasteiger partial charge in [0.25, 0.3) is 5.56 Å². The summed E-state index contributed by atoms with van der Waals surface area (Å²) in [7, 11) is 1.64. The van der Waals surface area contributed by atoms with Gasteiger partial charge >= 0.3 is 0 Å². The minimum Gasteiger partial charge on any atom is -0.494 e. The van der Waals surface area contributed by atoms with Crippen molar-refractivity contribution < 1.29 is 4.74 Å². The molecule has 0 N–H and O–H groups in total. The topological polar surface area (TPSA) is 63.5 Å². The lowest BCUT2D eigenvalue weighted by atomic mass is 10.3. The summed E-state index contributed by atoms with van der Waals surface area (Å²) in [6, 6.07) is 7.13. The fourth-order valence-corrected chi connectivity index (χ4v) is 4.63. The Bertz CT molecular complexity index is 1060. The third kappa shape index (κ3) is 3.42. The molecule has 1 aliphatic heterocycles. The SMILES string of the molecule is COc1ccc(Cl)c2sc(N3CCN(c4ccc(=O)n(C(C)C)n4)CC3)nc12. The monoisotopic (exact) mass is 419 g/mol. The van der Waals surface area contributed by atoms with E-state index in [1.807, 2.05) is 26.0 Å². The standard InChI is InChI=1S/C19H22ClN5O2S/c1-12(2)25-16(26)7-6-15(22-25)23-8-10-24(11-9-23)19-21-17-14(27-3)5-4-13(20)18(17)28-19/h4-7,12H,8-11H2,1-3H3. The van der Waals surface area contributed by atoms with Crippen molar-refractivity contribution in [3.63, 3.8) is 0 Å². The van der Waals surface area contributed by atoms with Crippen LogP contribution in [0.2, 0.25) is 5.02 Å². The minimum absolute atomic E-state index is 0.0382. The van der Waals surface area contributed by atoms with Gasteiger partial charge in [0.05, 0.1) is 22.9 Å². The van der Waals surface area contributed by atoms with Crippen molar-refractivity contribution in [2.24, 2.45) is 0 Å². The van der Waals surface area contributed by atoms with Gasteiger partial charge in [0.1, 0.15) is 17.1 Å². The number of hydrogen-bond acceptors (Lipinski definition) is 7. The average Bonchev–Trinajstić information content (AvgIpc) is 3.15. The second kappa shape index (κ2) is 7.60. The predicted octanol–water partition coefficient (Wildman–Crippen LogP) is 3.42. The van der Waals surface area contributed by atoms with Crippen LogP contribution >= 0.6 is 22.9 Å². The number of benzene rings is 1. The number of piperazine rings is 1. The molecule has 3 aromatic rings. The van der Waals surface area contributed by atoms with Crippen LogP contribution in [0.4, 0.5) is 10.9 Å². The van der Waals surface area contributed by atoms with Gasteiger partial charge in [-0.1, -0.05) is 22.9 Å². The number of aromatic nitrogens is 3. The molecule has 1 fully saturated rings. The molecule has 2 aromatic heterocycles. The van der Waals surface area contributed by atoms with Crippen LogP contribution in [0, 0.1) is 0 Å². The number of anilines is 2. The van der Waals surface area contributed by atoms with E-state index in [0.29, 0.717) is 5.02 Å². The zero-order chi connectivity index (χ0) is 19.8. The van der Waals surface area contributed by atoms with Gasteiger partial charge < -0.3 is 14.5 Å². The van der Waals surface area contributed by atoms with Crippen molar-refractivity contribution in [2.75, 3.05) is 43.1 Å². The van der Waals surface area contributed by atoms with Crippen molar-refractivity contribution in [1.29, 1.82) is 0 Å². The van der Waals surface area contributed by atoms with Crippen LogP contribution in [-0.4, -0.2) is 48.1 Å². The molecule has 0 amide bonds. The molecular formula is C19H22ClN5O2S. The quantitative estimate of drug-likeness (QED) is 0.645. The Morgan fingerprint density at radius 3 is 2.50 bits per heavy atom. The summed E-state index contributed by atoms with van der Waals surface area (Å²) in [5.41, 5.74) is 0.737. The van der Waals surface area contributed by atoms with Gasteiger partial charge in [-0.15, -0.1) is 0 Å². The number of methoxy groups -OCH3 is 1. The summed E-state index contributed by atoms with van der Waals surface area (Å²) in [6.45, 7) is 7.18. The highest BCUT2D eigenvalue weighted by atomic mass is 35.5. The number of ether oxygens (including phenoxy) is 1. The summed E-state index contributed by atoms with van der Waals surface area (Å²) >= 11 is 7.94. The maximum absolute atomic E-state index is 11.9. The maximum atomic E-state index is 11.9. The lowest BCUT2D eigenvalue weighted by molar-refractivity contribution is 0.419. The van der Waals surface area contributed by atoms with Crippen LogP contribution in [0.15, 0.2) is 29.1 Å². The fraction of sp³-hybridized carbons (Fsp3) is 0.421. The largest absolute Gasteiger partial charge is 0.494 e. The van der Waals surface area contributed by atoms with Crippen molar-refractivity contribution >= 4 is 44.1 Å². The van der Waals surface area contributed by atoms with E-state index < -0.39 is 0 Å². The molecule has 7 nitrogen and oxygen atoms in total. The first-order chi connectivity index (χ1) is 13.5. The Kier molecular flexibility index (Phi) is 5.16. The fourth-order valence-electron chi connectivity index (χ4n) is 3.32. The van der Waals surface area contributed by atoms with Gasteiger partial charge in [0.15, 0.2) is 5.13 Å². The van der Waals surface area contributed by atoms with Crippen LogP contribution in [0.3, 0.4) is 0 Å². The second-order valence-corrected chi connectivity index (χ2v) is 8.35. The number of halogens is 1. The third-order valence-corrected chi connectivity index (χ3v) is 6.42. The molecule has 0 saturated carbocycles. The van der Waals surface area contributed by atoms with Crippen molar-refractivity contribution in [3.8, 4) is 5.75 Å². The van der Waals surface area contributed by atoms with Crippen LogP contribution in [0.25, 0.3) is 10.2 Å². The van der Waals surface area contributed by atoms with Gasteiger partial charge in [0.2, 0.25) is 0 Å². The van der Waals surface area contributed by atoms with E-state index in [-0.39, 0.29) is 11.6 Å². The summed E-state index contributed by atoms with van der Waals surface area (Å²) in [6.07, 6.45) is 0. The molecule has 3 heterocycles. The summed E-state index contributed by atoms with van der Waals surface area (Å²) in [4.78, 5) is 21.2. The van der Waals surface area contributed by atoms with Crippen molar-refractivity contribution in [2.45, 2.75) is 19.9 Å². The van der Waals surface area contributed by atoms with Crippen molar-refractivity contribution in [3.05, 3.63) is 39.6 Å². The minimum atomic E-state index is -0.0716. The van der Waals surface area contributed by atoms with E-state index in [2.05, 4.69) is 14.9 Å². The number of thiazole rings is 1. The molecule has 0 atom stereocenters. The number of fused-ring (bicyclic) bond motifs is 1. The van der Waals surface area contributed by atoms with Crippen LogP contribution in [-0.2, 0) is 0 Å². The highest BCUT2D eigenvalue weighted by Crippen LogP contribution is 2.38. The smallest absolute Gasteiger partial charge is 0.267 e. The van der Waals surface area contributed by atoms with E-state index >= 15 is 0 Å². The molecule has 1 aromatic carbocycles. The van der Waals surface area contributed by atoms with Crippen LogP contribution in [0.1, 0.15) is 19.9 Å². The number of hydrogen-bond donors (Lipinski definition) is 0. The Morgan fingerprint density at radius 2 is 1.82 bits per heavy atom. The maximum Gasteiger partial charge on any atom is 0.267 e. The van der Waals surface area contributed by atoms with E-state index in [4.69, 9.17) is 21.3 Å². The Labute approximate surface area is 172 Å². The van der Waals surface area contributed by atoms with Gasteiger partial charge in [-0.3, -0.25) is 4.79 Å². The van der Waals surface area contributed by atoms with Gasteiger partial charge in [-0.25, -0.2) is 9.67 Å². The highest BCUT2D eigenvalue weighted by Gasteiger charge is 2.23. The first-order valence-electron chi connectivity index (χ1n) is 9.20. The molecule has 1 saturated heterocycles. The van der Waals surface area contributed by atoms with E-state index in [1.54, 1.807) is 30.6 Å².